The van der Waals surface area contributed by atoms with E-state index in [-0.39, 0.29) is 24.3 Å². The second-order valence-corrected chi connectivity index (χ2v) is 9.90. The van der Waals surface area contributed by atoms with Crippen LogP contribution in [0, 0.1) is 17.8 Å². The van der Waals surface area contributed by atoms with Crippen LogP contribution in [0.25, 0.3) is 6.08 Å². The molecule has 31 heavy (non-hydrogen) atoms. The SMILES string of the molecule is O=C(O)CCCC=CC1CC2CC(NS(=O)(=O)C=Cc3ccc(C(F)(F)F)cc3)C1C2. The van der Waals surface area contributed by atoms with Crippen LogP contribution in [0.5, 0.6) is 0 Å². The van der Waals surface area contributed by atoms with Gasteiger partial charge in [-0.05, 0) is 73.6 Å². The molecule has 2 bridgehead atoms. The largest absolute Gasteiger partial charge is 0.481 e. The van der Waals surface area contributed by atoms with Crippen LogP contribution in [0.4, 0.5) is 13.2 Å². The summed E-state index contributed by atoms with van der Waals surface area (Å²) in [5, 5.41) is 9.67. The molecular weight excluding hydrogens is 431 g/mol. The first-order chi connectivity index (χ1) is 14.5. The Labute approximate surface area is 180 Å². The van der Waals surface area contributed by atoms with Crippen LogP contribution >= 0.6 is 0 Å². The van der Waals surface area contributed by atoms with E-state index in [1.165, 1.54) is 18.2 Å². The molecule has 0 aromatic heterocycles. The highest BCUT2D eigenvalue weighted by Crippen LogP contribution is 2.49. The molecule has 4 unspecified atom stereocenters. The summed E-state index contributed by atoms with van der Waals surface area (Å²) in [5.41, 5.74) is -0.414. The zero-order valence-corrected chi connectivity index (χ0v) is 17.7. The highest BCUT2D eigenvalue weighted by Gasteiger charge is 2.46. The predicted octanol–water partition coefficient (Wildman–Crippen LogP) is 4.82. The van der Waals surface area contributed by atoms with Gasteiger partial charge in [-0.2, -0.15) is 13.2 Å². The summed E-state index contributed by atoms with van der Waals surface area (Å²) in [4.78, 5) is 10.6. The summed E-state index contributed by atoms with van der Waals surface area (Å²) in [7, 11) is -3.73. The van der Waals surface area contributed by atoms with Crippen molar-refractivity contribution < 1.29 is 31.5 Å². The number of alkyl halides is 3. The molecule has 0 amide bonds. The number of sulfonamides is 1. The van der Waals surface area contributed by atoms with Crippen molar-refractivity contribution in [1.29, 1.82) is 0 Å². The first-order valence-electron chi connectivity index (χ1n) is 10.3. The number of halogens is 3. The van der Waals surface area contributed by atoms with E-state index in [9.17, 15) is 26.4 Å². The number of hydrogen-bond donors (Lipinski definition) is 2. The normalized spacial score (nSPS) is 26.3. The zero-order valence-electron chi connectivity index (χ0n) is 16.9. The minimum Gasteiger partial charge on any atom is -0.481 e. The number of rotatable bonds is 9. The summed E-state index contributed by atoms with van der Waals surface area (Å²) in [6.07, 6.45) is 5.09. The Bertz CT molecular complexity index is 938. The van der Waals surface area contributed by atoms with Gasteiger partial charge < -0.3 is 5.11 Å². The van der Waals surface area contributed by atoms with Crippen LogP contribution in [0.3, 0.4) is 0 Å². The topological polar surface area (TPSA) is 83.5 Å². The van der Waals surface area contributed by atoms with E-state index in [0.717, 1.165) is 36.8 Å². The Morgan fingerprint density at radius 2 is 1.87 bits per heavy atom. The van der Waals surface area contributed by atoms with Crippen LogP contribution < -0.4 is 4.72 Å². The van der Waals surface area contributed by atoms with Crippen molar-refractivity contribution in [3.05, 3.63) is 53.0 Å². The van der Waals surface area contributed by atoms with Gasteiger partial charge in [0.15, 0.2) is 0 Å². The van der Waals surface area contributed by atoms with Gasteiger partial charge in [0, 0.05) is 17.9 Å². The molecule has 170 valence electrons. The van der Waals surface area contributed by atoms with Gasteiger partial charge in [-0.15, -0.1) is 0 Å². The molecule has 3 rings (SSSR count). The molecule has 4 atom stereocenters. The summed E-state index contributed by atoms with van der Waals surface area (Å²) < 4.78 is 65.6. The number of hydrogen-bond acceptors (Lipinski definition) is 3. The molecule has 0 saturated heterocycles. The molecule has 5 nitrogen and oxygen atoms in total. The highest BCUT2D eigenvalue weighted by atomic mass is 32.2. The molecule has 2 aliphatic rings. The van der Waals surface area contributed by atoms with Crippen LogP contribution in [0.2, 0.25) is 0 Å². The minimum absolute atomic E-state index is 0.134. The van der Waals surface area contributed by atoms with Crippen molar-refractivity contribution in [3.8, 4) is 0 Å². The number of carboxylic acid groups (broad SMARTS) is 1. The van der Waals surface area contributed by atoms with Crippen molar-refractivity contribution >= 4 is 22.1 Å². The van der Waals surface area contributed by atoms with E-state index in [0.29, 0.717) is 24.3 Å². The third kappa shape index (κ3) is 6.67. The number of benzene rings is 1. The van der Waals surface area contributed by atoms with Gasteiger partial charge in [-0.3, -0.25) is 4.79 Å². The standard InChI is InChI=1S/C22H26F3NO4S/c23-22(24,25)18-8-6-15(7-9-18)10-11-31(29,30)26-20-14-16-12-17(19(20)13-16)4-2-1-3-5-21(27)28/h2,4,6-11,16-17,19-20,26H,1,3,5,12-14H2,(H,27,28). The molecule has 2 aliphatic carbocycles. The van der Waals surface area contributed by atoms with Gasteiger partial charge in [0.2, 0.25) is 10.0 Å². The molecule has 1 aromatic carbocycles. The van der Waals surface area contributed by atoms with E-state index < -0.39 is 27.7 Å². The Morgan fingerprint density at radius 1 is 1.16 bits per heavy atom. The van der Waals surface area contributed by atoms with Crippen molar-refractivity contribution in [2.75, 3.05) is 0 Å². The van der Waals surface area contributed by atoms with E-state index in [1.54, 1.807) is 0 Å². The first-order valence-corrected chi connectivity index (χ1v) is 11.8. The van der Waals surface area contributed by atoms with Gasteiger partial charge in [-0.25, -0.2) is 13.1 Å². The Morgan fingerprint density at radius 3 is 2.48 bits per heavy atom. The van der Waals surface area contributed by atoms with Crippen molar-refractivity contribution in [3.63, 3.8) is 0 Å². The molecule has 0 spiro atoms. The molecule has 0 radical (unpaired) electrons. The van der Waals surface area contributed by atoms with E-state index >= 15 is 0 Å². The second-order valence-electron chi connectivity index (χ2n) is 8.31. The maximum absolute atomic E-state index is 12.6. The summed E-state index contributed by atoms with van der Waals surface area (Å²) in [5.74, 6) is 0.127. The van der Waals surface area contributed by atoms with Crippen LogP contribution in [-0.2, 0) is 21.0 Å². The maximum Gasteiger partial charge on any atom is 0.416 e. The number of fused-ring (bicyclic) bond motifs is 2. The second kappa shape index (κ2) is 9.56. The van der Waals surface area contributed by atoms with E-state index in [1.807, 2.05) is 6.08 Å². The lowest BCUT2D eigenvalue weighted by Crippen LogP contribution is -2.40. The highest BCUT2D eigenvalue weighted by molar-refractivity contribution is 7.92. The van der Waals surface area contributed by atoms with Gasteiger partial charge in [0.1, 0.15) is 0 Å². The number of allylic oxidation sites excluding steroid dienone is 2. The Balaban J connectivity index is 1.55. The van der Waals surface area contributed by atoms with Gasteiger partial charge in [0.25, 0.3) is 0 Å². The lowest BCUT2D eigenvalue weighted by molar-refractivity contribution is -0.138. The van der Waals surface area contributed by atoms with Crippen molar-refractivity contribution in [2.45, 2.75) is 50.7 Å². The van der Waals surface area contributed by atoms with Crippen LogP contribution in [0.1, 0.15) is 49.7 Å². The van der Waals surface area contributed by atoms with Crippen LogP contribution in [-0.4, -0.2) is 25.5 Å². The lowest BCUT2D eigenvalue weighted by Gasteiger charge is -2.27. The Hall–Kier alpha value is -2.13. The molecule has 2 fully saturated rings. The molecule has 9 heteroatoms. The third-order valence-corrected chi connectivity index (χ3v) is 7.13. The lowest BCUT2D eigenvalue weighted by atomic mass is 9.85. The van der Waals surface area contributed by atoms with Crippen molar-refractivity contribution in [1.82, 2.24) is 4.72 Å². The third-order valence-electron chi connectivity index (χ3n) is 6.00. The average molecular weight is 458 g/mol. The number of carbonyl (C=O) groups is 1. The maximum atomic E-state index is 12.6. The predicted molar refractivity (Wildman–Crippen MR) is 111 cm³/mol. The molecule has 1 aromatic rings. The zero-order chi connectivity index (χ0) is 22.6. The number of aliphatic carboxylic acids is 1. The quantitative estimate of drug-likeness (QED) is 0.411. The fourth-order valence-electron chi connectivity index (χ4n) is 4.61. The number of nitrogens with one attached hydrogen (secondary N) is 1. The number of carboxylic acids is 1. The first kappa shape index (κ1) is 23.5. The molecule has 0 aliphatic heterocycles. The number of unbranched alkanes of at least 4 members (excludes halogenated alkanes) is 1. The monoisotopic (exact) mass is 457 g/mol. The molecule has 2 N–H and O–H groups in total. The van der Waals surface area contributed by atoms with Crippen LogP contribution in [0.15, 0.2) is 41.8 Å². The fraction of sp³-hybridized carbons (Fsp3) is 0.500. The van der Waals surface area contributed by atoms with Gasteiger partial charge in [-0.1, -0.05) is 24.3 Å². The molecule has 0 heterocycles. The summed E-state index contributed by atoms with van der Waals surface area (Å²) >= 11 is 0. The summed E-state index contributed by atoms with van der Waals surface area (Å²) in [6, 6.07) is 4.14. The smallest absolute Gasteiger partial charge is 0.416 e. The van der Waals surface area contributed by atoms with Gasteiger partial charge >= 0.3 is 12.1 Å². The molecular formula is C22H26F3NO4S. The van der Waals surface area contributed by atoms with E-state index in [2.05, 4.69) is 10.8 Å². The minimum atomic E-state index is -4.43. The average Bonchev–Trinajstić information content (AvgIpc) is 3.25. The van der Waals surface area contributed by atoms with Crippen molar-refractivity contribution in [2.24, 2.45) is 17.8 Å². The fourth-order valence-corrected chi connectivity index (χ4v) is 5.71. The summed E-state index contributed by atoms with van der Waals surface area (Å²) in [6.45, 7) is 0. The Kier molecular flexibility index (Phi) is 7.26. The molecule has 2 saturated carbocycles. The van der Waals surface area contributed by atoms with E-state index in [4.69, 9.17) is 5.11 Å². The van der Waals surface area contributed by atoms with Gasteiger partial charge in [0.05, 0.1) is 5.56 Å².